The first kappa shape index (κ1) is 75.8. The molecular formula is C72H135NO5. The first-order chi connectivity index (χ1) is 38.5. The van der Waals surface area contributed by atoms with Gasteiger partial charge in [0.25, 0.3) is 0 Å². The van der Waals surface area contributed by atoms with Crippen molar-refractivity contribution in [1.82, 2.24) is 5.32 Å². The van der Waals surface area contributed by atoms with Crippen LogP contribution in [0.5, 0.6) is 0 Å². The molecule has 0 rings (SSSR count). The van der Waals surface area contributed by atoms with E-state index in [1.165, 1.54) is 295 Å². The molecule has 2 unspecified atom stereocenters. The highest BCUT2D eigenvalue weighted by Crippen LogP contribution is 2.18. The molecule has 458 valence electrons. The zero-order valence-corrected chi connectivity index (χ0v) is 52.4. The van der Waals surface area contributed by atoms with Gasteiger partial charge in [0.2, 0.25) is 5.91 Å². The van der Waals surface area contributed by atoms with Crippen molar-refractivity contribution >= 4 is 11.9 Å². The normalized spacial score (nSPS) is 12.8. The fourth-order valence-corrected chi connectivity index (χ4v) is 10.7. The third-order valence-corrected chi connectivity index (χ3v) is 16.1. The van der Waals surface area contributed by atoms with Crippen LogP contribution in [-0.4, -0.2) is 47.4 Å². The second-order valence-electron chi connectivity index (χ2n) is 23.9. The van der Waals surface area contributed by atoms with E-state index in [1.807, 2.05) is 6.08 Å². The molecule has 0 fully saturated rings. The number of amides is 1. The number of rotatable bonds is 65. The smallest absolute Gasteiger partial charge is 0.305 e. The van der Waals surface area contributed by atoms with E-state index in [9.17, 15) is 19.8 Å². The average Bonchev–Trinajstić information content (AvgIpc) is 3.44. The van der Waals surface area contributed by atoms with Gasteiger partial charge >= 0.3 is 5.97 Å². The van der Waals surface area contributed by atoms with Gasteiger partial charge in [-0.25, -0.2) is 0 Å². The molecule has 0 spiro atoms. The summed E-state index contributed by atoms with van der Waals surface area (Å²) in [5, 5.41) is 23.2. The van der Waals surface area contributed by atoms with Gasteiger partial charge in [0.05, 0.1) is 25.4 Å². The summed E-state index contributed by atoms with van der Waals surface area (Å²) in [4.78, 5) is 24.5. The summed E-state index contributed by atoms with van der Waals surface area (Å²) in [6, 6.07) is -0.626. The molecule has 0 aromatic rings. The zero-order chi connectivity index (χ0) is 56.4. The number of ether oxygens (including phenoxy) is 1. The molecule has 2 atom stereocenters. The van der Waals surface area contributed by atoms with Crippen molar-refractivity contribution in [3.8, 4) is 0 Å². The number of carbonyl (C=O) groups excluding carboxylic acids is 2. The Kier molecular flexibility index (Phi) is 65.4. The number of hydrogen-bond acceptors (Lipinski definition) is 5. The maximum Gasteiger partial charge on any atom is 0.305 e. The second kappa shape index (κ2) is 67.3. The number of hydrogen-bond donors (Lipinski definition) is 3. The largest absolute Gasteiger partial charge is 0.466 e. The molecule has 0 aliphatic rings. The number of nitrogens with one attached hydrogen (secondary N) is 1. The first-order valence-electron chi connectivity index (χ1n) is 34.9. The number of unbranched alkanes of at least 4 members (excludes halogenated alkanes) is 48. The van der Waals surface area contributed by atoms with Crippen LogP contribution in [0.1, 0.15) is 373 Å². The maximum atomic E-state index is 12.5. The third-order valence-electron chi connectivity index (χ3n) is 16.1. The summed E-state index contributed by atoms with van der Waals surface area (Å²) in [6.45, 7) is 4.88. The van der Waals surface area contributed by atoms with E-state index in [2.05, 4.69) is 55.6 Å². The molecule has 0 aliphatic carbocycles. The van der Waals surface area contributed by atoms with E-state index >= 15 is 0 Å². The molecule has 0 aromatic carbocycles. The quantitative estimate of drug-likeness (QED) is 0.0320. The van der Waals surface area contributed by atoms with Crippen LogP contribution >= 0.6 is 0 Å². The minimum atomic E-state index is -0.843. The molecular weight excluding hydrogens is 959 g/mol. The Morgan fingerprint density at radius 3 is 1.03 bits per heavy atom. The van der Waals surface area contributed by atoms with E-state index in [4.69, 9.17) is 4.74 Å². The van der Waals surface area contributed by atoms with E-state index in [-0.39, 0.29) is 18.5 Å². The lowest BCUT2D eigenvalue weighted by atomic mass is 10.0. The molecule has 0 bridgehead atoms. The van der Waals surface area contributed by atoms with Crippen LogP contribution in [0.2, 0.25) is 0 Å². The number of esters is 1. The van der Waals surface area contributed by atoms with Crippen molar-refractivity contribution in [1.29, 1.82) is 0 Å². The molecule has 1 amide bonds. The predicted octanol–water partition coefficient (Wildman–Crippen LogP) is 22.5. The Balaban J connectivity index is 3.37. The Morgan fingerprint density at radius 2 is 0.654 bits per heavy atom. The summed E-state index contributed by atoms with van der Waals surface area (Å²) in [5.74, 6) is -0.0605. The molecule has 0 radical (unpaired) electrons. The predicted molar refractivity (Wildman–Crippen MR) is 342 cm³/mol. The van der Waals surface area contributed by atoms with Gasteiger partial charge in [0.1, 0.15) is 0 Å². The van der Waals surface area contributed by atoms with Gasteiger partial charge in [-0.3, -0.25) is 9.59 Å². The molecule has 0 saturated heterocycles. The van der Waals surface area contributed by atoms with E-state index in [0.29, 0.717) is 19.4 Å². The Hall–Kier alpha value is -2.18. The molecule has 6 nitrogen and oxygen atoms in total. The van der Waals surface area contributed by atoms with Crippen LogP contribution in [0.15, 0.2) is 48.6 Å². The minimum absolute atomic E-state index is 0.00320. The SMILES string of the molecule is CCCC/C=C\C/C=C\CCCCCCCC(=O)OCCCCCCCCCCCCCC/C=C\CCCCCCCCCCCCCCCCCCC(=O)NC(CO)C(O)/C=C/CCCCCCCCCCCCCCC. The molecule has 0 aromatic heterocycles. The highest BCUT2D eigenvalue weighted by Gasteiger charge is 2.18. The Morgan fingerprint density at radius 1 is 0.359 bits per heavy atom. The van der Waals surface area contributed by atoms with Crippen molar-refractivity contribution in [2.24, 2.45) is 0 Å². The maximum absolute atomic E-state index is 12.5. The topological polar surface area (TPSA) is 95.9 Å². The zero-order valence-electron chi connectivity index (χ0n) is 52.4. The van der Waals surface area contributed by atoms with Crippen LogP contribution in [0.3, 0.4) is 0 Å². The molecule has 0 aliphatic heterocycles. The van der Waals surface area contributed by atoms with Crippen LogP contribution in [0, 0.1) is 0 Å². The van der Waals surface area contributed by atoms with Gasteiger partial charge in [-0.05, 0) is 83.5 Å². The van der Waals surface area contributed by atoms with Gasteiger partial charge < -0.3 is 20.3 Å². The monoisotopic (exact) mass is 1090 g/mol. The number of carbonyl (C=O) groups is 2. The van der Waals surface area contributed by atoms with Gasteiger partial charge in [-0.2, -0.15) is 0 Å². The second-order valence-corrected chi connectivity index (χ2v) is 23.9. The summed E-state index contributed by atoms with van der Waals surface area (Å²) < 4.78 is 5.48. The van der Waals surface area contributed by atoms with Crippen molar-refractivity contribution in [2.45, 2.75) is 386 Å². The van der Waals surface area contributed by atoms with Crippen LogP contribution in [-0.2, 0) is 14.3 Å². The third kappa shape index (κ3) is 63.0. The Labute approximate surface area is 486 Å². The first-order valence-corrected chi connectivity index (χ1v) is 34.9. The number of aliphatic hydroxyl groups excluding tert-OH is 2. The highest BCUT2D eigenvalue weighted by molar-refractivity contribution is 5.76. The van der Waals surface area contributed by atoms with Gasteiger partial charge in [0.15, 0.2) is 0 Å². The number of aliphatic hydroxyl groups is 2. The molecule has 78 heavy (non-hydrogen) atoms. The van der Waals surface area contributed by atoms with Crippen molar-refractivity contribution < 1.29 is 24.5 Å². The fourth-order valence-electron chi connectivity index (χ4n) is 10.7. The van der Waals surface area contributed by atoms with Crippen LogP contribution in [0.25, 0.3) is 0 Å². The lowest BCUT2D eigenvalue weighted by Crippen LogP contribution is -2.45. The summed E-state index contributed by atoms with van der Waals surface area (Å²) in [5.41, 5.74) is 0. The summed E-state index contributed by atoms with van der Waals surface area (Å²) in [6.07, 6.45) is 87.6. The van der Waals surface area contributed by atoms with Crippen molar-refractivity contribution in [3.05, 3.63) is 48.6 Å². The van der Waals surface area contributed by atoms with E-state index < -0.39 is 12.1 Å². The lowest BCUT2D eigenvalue weighted by molar-refractivity contribution is -0.143. The van der Waals surface area contributed by atoms with Gasteiger partial charge in [-0.15, -0.1) is 0 Å². The lowest BCUT2D eigenvalue weighted by Gasteiger charge is -2.20. The van der Waals surface area contributed by atoms with Gasteiger partial charge in [-0.1, -0.05) is 326 Å². The number of allylic oxidation sites excluding steroid dienone is 7. The molecule has 0 heterocycles. The molecule has 3 N–H and O–H groups in total. The highest BCUT2D eigenvalue weighted by atomic mass is 16.5. The summed E-state index contributed by atoms with van der Waals surface area (Å²) in [7, 11) is 0. The standard InChI is InChI=1S/C72H135NO5/c1-3-5-7-9-11-13-15-17-37-40-44-48-52-56-60-64-70(75)69(68-74)73-71(76)65-61-57-53-49-45-41-38-35-33-31-29-27-25-23-21-19-20-22-24-26-28-30-32-34-36-39-43-47-51-55-59-63-67-78-72(77)66-62-58-54-50-46-42-18-16-14-12-10-8-6-4-2/h10,12,16,18,22,24,60,64,69-70,74-75H,3-9,11,13-15,17,19-21,23,25-59,61-63,65-68H2,1-2H3,(H,73,76)/b12-10-,18-16-,24-22-,64-60+. The molecule has 6 heteroatoms. The Bertz CT molecular complexity index is 1310. The van der Waals surface area contributed by atoms with E-state index in [0.717, 1.165) is 51.4 Å². The van der Waals surface area contributed by atoms with Crippen molar-refractivity contribution in [3.63, 3.8) is 0 Å². The fraction of sp³-hybridized carbons (Fsp3) is 0.861. The average molecular weight is 1090 g/mol. The summed E-state index contributed by atoms with van der Waals surface area (Å²) >= 11 is 0. The van der Waals surface area contributed by atoms with Crippen molar-refractivity contribution in [2.75, 3.05) is 13.2 Å². The minimum Gasteiger partial charge on any atom is -0.466 e. The van der Waals surface area contributed by atoms with Gasteiger partial charge in [0, 0.05) is 12.8 Å². The molecule has 0 saturated carbocycles. The van der Waals surface area contributed by atoms with Crippen LogP contribution < -0.4 is 5.32 Å². The van der Waals surface area contributed by atoms with E-state index in [1.54, 1.807) is 6.08 Å². The van der Waals surface area contributed by atoms with Crippen LogP contribution in [0.4, 0.5) is 0 Å².